The number of hydrogen-bond donors (Lipinski definition) is 2. The zero-order valence-corrected chi connectivity index (χ0v) is 11.6. The van der Waals surface area contributed by atoms with Gasteiger partial charge in [-0.1, -0.05) is 36.4 Å². The minimum Gasteiger partial charge on any atom is -0.478 e. The lowest BCUT2D eigenvalue weighted by molar-refractivity contribution is 0.0472. The Hall–Kier alpha value is -3.15. The van der Waals surface area contributed by atoms with Gasteiger partial charge in [-0.15, -0.1) is 0 Å². The Morgan fingerprint density at radius 1 is 1.09 bits per heavy atom. The van der Waals surface area contributed by atoms with Crippen LogP contribution in [0, 0.1) is 0 Å². The van der Waals surface area contributed by atoms with E-state index in [1.54, 1.807) is 0 Å². The highest BCUT2D eigenvalue weighted by Gasteiger charge is 2.18. The molecule has 0 unspecified atom stereocenters. The summed E-state index contributed by atoms with van der Waals surface area (Å²) in [4.78, 5) is 23.4. The molecule has 0 aliphatic rings. The van der Waals surface area contributed by atoms with Crippen molar-refractivity contribution in [2.45, 2.75) is 6.61 Å². The number of hydrogen-bond acceptors (Lipinski definition) is 5. The number of carbonyl (C=O) groups is 2. The fourth-order valence-electron chi connectivity index (χ4n) is 1.94. The van der Waals surface area contributed by atoms with Crippen molar-refractivity contribution in [3.63, 3.8) is 0 Å². The van der Waals surface area contributed by atoms with Gasteiger partial charge in [0.1, 0.15) is 6.61 Å². The molecule has 2 aromatic rings. The molecule has 0 aliphatic heterocycles. The van der Waals surface area contributed by atoms with Gasteiger partial charge in [-0.25, -0.2) is 9.59 Å². The third-order valence-corrected chi connectivity index (χ3v) is 2.97. The largest absolute Gasteiger partial charge is 0.478 e. The Bertz CT molecular complexity index is 711. The number of benzene rings is 2. The maximum atomic E-state index is 12.2. The Morgan fingerprint density at radius 2 is 1.77 bits per heavy atom. The van der Waals surface area contributed by atoms with E-state index in [-0.39, 0.29) is 23.3 Å². The SMILES string of the molecule is NN=Cc1c(C(=O)O)cccc1C(=O)OCc1ccccc1. The Kier molecular flexibility index (Phi) is 4.87. The van der Waals surface area contributed by atoms with Gasteiger partial charge in [0, 0.05) is 5.56 Å². The molecule has 0 aromatic heterocycles. The van der Waals surface area contributed by atoms with Crippen LogP contribution in [0.4, 0.5) is 0 Å². The molecule has 0 bridgehead atoms. The summed E-state index contributed by atoms with van der Waals surface area (Å²) >= 11 is 0. The Labute approximate surface area is 126 Å². The second-order valence-corrected chi connectivity index (χ2v) is 4.41. The van der Waals surface area contributed by atoms with Crippen molar-refractivity contribution in [2.24, 2.45) is 10.9 Å². The van der Waals surface area contributed by atoms with Crippen LogP contribution < -0.4 is 5.84 Å². The highest BCUT2D eigenvalue weighted by molar-refractivity contribution is 6.06. The number of aromatic carboxylic acids is 1. The maximum Gasteiger partial charge on any atom is 0.339 e. The number of ether oxygens (including phenoxy) is 1. The highest BCUT2D eigenvalue weighted by atomic mass is 16.5. The van der Waals surface area contributed by atoms with E-state index < -0.39 is 11.9 Å². The first-order valence-corrected chi connectivity index (χ1v) is 6.44. The van der Waals surface area contributed by atoms with E-state index in [4.69, 9.17) is 15.7 Å². The molecule has 0 saturated carbocycles. The molecule has 22 heavy (non-hydrogen) atoms. The summed E-state index contributed by atoms with van der Waals surface area (Å²) in [6, 6.07) is 13.5. The van der Waals surface area contributed by atoms with Crippen LogP contribution in [0.15, 0.2) is 53.6 Å². The van der Waals surface area contributed by atoms with Crippen molar-refractivity contribution in [2.75, 3.05) is 0 Å². The summed E-state index contributed by atoms with van der Waals surface area (Å²) in [6.45, 7) is 0.0934. The molecule has 0 radical (unpaired) electrons. The van der Waals surface area contributed by atoms with Gasteiger partial charge >= 0.3 is 11.9 Å². The molecule has 0 heterocycles. The van der Waals surface area contributed by atoms with E-state index in [0.717, 1.165) is 11.8 Å². The van der Waals surface area contributed by atoms with Gasteiger partial charge in [0.25, 0.3) is 0 Å². The molecule has 0 saturated heterocycles. The highest BCUT2D eigenvalue weighted by Crippen LogP contribution is 2.15. The van der Waals surface area contributed by atoms with Crippen LogP contribution in [0.1, 0.15) is 31.8 Å². The van der Waals surface area contributed by atoms with E-state index in [1.165, 1.54) is 18.2 Å². The number of carbonyl (C=O) groups excluding carboxylic acids is 1. The fraction of sp³-hybridized carbons (Fsp3) is 0.0625. The molecule has 3 N–H and O–H groups in total. The van der Waals surface area contributed by atoms with Crippen molar-refractivity contribution in [3.8, 4) is 0 Å². The molecule has 6 nitrogen and oxygen atoms in total. The standard InChI is InChI=1S/C16H14N2O4/c17-18-9-14-12(15(19)20)7-4-8-13(14)16(21)22-10-11-5-2-1-3-6-11/h1-9H,10,17H2,(H,19,20). The summed E-state index contributed by atoms with van der Waals surface area (Å²) < 4.78 is 5.20. The zero-order valence-electron chi connectivity index (χ0n) is 11.6. The van der Waals surface area contributed by atoms with Gasteiger partial charge in [-0.05, 0) is 17.7 Å². The third kappa shape index (κ3) is 3.49. The third-order valence-electron chi connectivity index (χ3n) is 2.97. The Morgan fingerprint density at radius 3 is 2.41 bits per heavy atom. The zero-order chi connectivity index (χ0) is 15.9. The number of nitrogens with zero attached hydrogens (tertiary/aromatic N) is 1. The van der Waals surface area contributed by atoms with Crippen molar-refractivity contribution in [3.05, 3.63) is 70.8 Å². The first kappa shape index (κ1) is 15.2. The Balaban J connectivity index is 2.25. The van der Waals surface area contributed by atoms with E-state index >= 15 is 0 Å². The number of esters is 1. The quantitative estimate of drug-likeness (QED) is 0.380. The van der Waals surface area contributed by atoms with Gasteiger partial charge in [-0.2, -0.15) is 5.10 Å². The first-order valence-electron chi connectivity index (χ1n) is 6.44. The molecule has 0 atom stereocenters. The van der Waals surface area contributed by atoms with Crippen molar-refractivity contribution >= 4 is 18.2 Å². The van der Waals surface area contributed by atoms with Crippen LogP contribution in [0.3, 0.4) is 0 Å². The topological polar surface area (TPSA) is 102 Å². The minimum absolute atomic E-state index is 0.0663. The molecule has 0 fully saturated rings. The number of carboxylic acid groups (broad SMARTS) is 1. The summed E-state index contributed by atoms with van der Waals surface area (Å²) in [6.07, 6.45) is 1.13. The van der Waals surface area contributed by atoms with Gasteiger partial charge in [0.15, 0.2) is 0 Å². The second kappa shape index (κ2) is 7.03. The molecule has 2 rings (SSSR count). The molecular formula is C16H14N2O4. The number of carboxylic acids is 1. The second-order valence-electron chi connectivity index (χ2n) is 4.41. The summed E-state index contributed by atoms with van der Waals surface area (Å²) in [5.74, 6) is 3.28. The first-order chi connectivity index (χ1) is 10.6. The molecule has 0 aliphatic carbocycles. The monoisotopic (exact) mass is 298 g/mol. The molecule has 112 valence electrons. The molecule has 0 spiro atoms. The van der Waals surface area contributed by atoms with E-state index in [2.05, 4.69) is 5.10 Å². The lowest BCUT2D eigenvalue weighted by Crippen LogP contribution is -2.13. The van der Waals surface area contributed by atoms with E-state index in [1.807, 2.05) is 30.3 Å². The van der Waals surface area contributed by atoms with Gasteiger partial charge < -0.3 is 15.7 Å². The van der Waals surface area contributed by atoms with Gasteiger partial charge in [0.05, 0.1) is 17.3 Å². The number of rotatable bonds is 5. The number of hydrazone groups is 1. The summed E-state index contributed by atoms with van der Waals surface area (Å²) in [7, 11) is 0. The molecular weight excluding hydrogens is 284 g/mol. The van der Waals surface area contributed by atoms with Crippen LogP contribution >= 0.6 is 0 Å². The maximum absolute atomic E-state index is 12.2. The van der Waals surface area contributed by atoms with Crippen LogP contribution in [0.25, 0.3) is 0 Å². The lowest BCUT2D eigenvalue weighted by Gasteiger charge is -2.09. The van der Waals surface area contributed by atoms with Gasteiger partial charge in [0.2, 0.25) is 0 Å². The van der Waals surface area contributed by atoms with Crippen molar-refractivity contribution in [1.82, 2.24) is 0 Å². The van der Waals surface area contributed by atoms with E-state index in [9.17, 15) is 9.59 Å². The van der Waals surface area contributed by atoms with Crippen LogP contribution in [-0.2, 0) is 11.3 Å². The van der Waals surface area contributed by atoms with Crippen LogP contribution in [-0.4, -0.2) is 23.3 Å². The minimum atomic E-state index is -1.17. The lowest BCUT2D eigenvalue weighted by atomic mass is 10.0. The summed E-state index contributed by atoms with van der Waals surface area (Å²) in [5, 5.41) is 12.5. The van der Waals surface area contributed by atoms with E-state index in [0.29, 0.717) is 0 Å². The fourth-order valence-corrected chi connectivity index (χ4v) is 1.94. The number of nitrogens with two attached hydrogens (primary N) is 1. The van der Waals surface area contributed by atoms with Crippen LogP contribution in [0.2, 0.25) is 0 Å². The average molecular weight is 298 g/mol. The predicted molar refractivity (Wildman–Crippen MR) is 80.7 cm³/mol. The average Bonchev–Trinajstić information content (AvgIpc) is 2.54. The van der Waals surface area contributed by atoms with Crippen molar-refractivity contribution in [1.29, 1.82) is 0 Å². The molecule has 0 amide bonds. The van der Waals surface area contributed by atoms with Gasteiger partial charge in [-0.3, -0.25) is 0 Å². The molecule has 2 aromatic carbocycles. The summed E-state index contributed by atoms with van der Waals surface area (Å²) in [5.41, 5.74) is 0.989. The van der Waals surface area contributed by atoms with Crippen molar-refractivity contribution < 1.29 is 19.4 Å². The van der Waals surface area contributed by atoms with Crippen LogP contribution in [0.5, 0.6) is 0 Å². The predicted octanol–water partition coefficient (Wildman–Crippen LogP) is 2.03. The smallest absolute Gasteiger partial charge is 0.339 e. The normalized spacial score (nSPS) is 10.5. The molecule has 6 heteroatoms.